The maximum absolute atomic E-state index is 11.9. The molecule has 0 aliphatic heterocycles. The lowest BCUT2D eigenvalue weighted by Crippen LogP contribution is -2.33. The van der Waals surface area contributed by atoms with E-state index < -0.39 is 5.91 Å². The highest BCUT2D eigenvalue weighted by Crippen LogP contribution is 2.25. The van der Waals surface area contributed by atoms with E-state index in [0.717, 1.165) is 12.8 Å². The number of rotatable bonds is 4. The van der Waals surface area contributed by atoms with Gasteiger partial charge in [-0.25, -0.2) is 4.98 Å². The molecule has 0 radical (unpaired) electrons. The molecule has 1 heterocycles. The van der Waals surface area contributed by atoms with Crippen molar-refractivity contribution in [1.29, 1.82) is 0 Å². The minimum absolute atomic E-state index is 0.0332. The Hall–Kier alpha value is -2.18. The van der Waals surface area contributed by atoms with E-state index >= 15 is 0 Å². The monoisotopic (exact) mass is 319 g/mol. The molecule has 0 aromatic carbocycles. The van der Waals surface area contributed by atoms with Gasteiger partial charge in [-0.1, -0.05) is 6.92 Å². The van der Waals surface area contributed by atoms with Crippen LogP contribution in [-0.4, -0.2) is 33.2 Å². The minimum atomic E-state index is -0.592. The Labute approximate surface area is 136 Å². The first-order valence-corrected chi connectivity index (χ1v) is 7.90. The Morgan fingerprint density at radius 1 is 1.35 bits per heavy atom. The Bertz CT molecular complexity index is 609. The third kappa shape index (κ3) is 4.64. The molecular weight excluding hydrogens is 294 g/mol. The van der Waals surface area contributed by atoms with Crippen LogP contribution < -0.4 is 16.4 Å². The van der Waals surface area contributed by atoms with Crippen LogP contribution in [0, 0.1) is 5.92 Å². The molecule has 7 nitrogen and oxygen atoms in total. The number of nitrogens with one attached hydrogen (secondary N) is 2. The summed E-state index contributed by atoms with van der Waals surface area (Å²) in [6.45, 7) is 7.93. The maximum atomic E-state index is 11.9. The number of nitrogens with zero attached hydrogens (tertiary/aromatic N) is 2. The summed E-state index contributed by atoms with van der Waals surface area (Å²) >= 11 is 0. The molecule has 1 aliphatic carbocycles. The molecule has 0 bridgehead atoms. The third-order valence-corrected chi connectivity index (χ3v) is 3.83. The predicted octanol–water partition coefficient (Wildman–Crippen LogP) is 1.96. The lowest BCUT2D eigenvalue weighted by Gasteiger charge is -2.27. The van der Waals surface area contributed by atoms with Crippen LogP contribution in [0.4, 0.5) is 11.8 Å². The van der Waals surface area contributed by atoms with E-state index in [4.69, 9.17) is 5.73 Å². The summed E-state index contributed by atoms with van der Waals surface area (Å²) in [5.41, 5.74) is 5.43. The number of carbonyl (C=O) groups excluding carboxylic acids is 2. The van der Waals surface area contributed by atoms with Crippen LogP contribution in [0.2, 0.25) is 0 Å². The van der Waals surface area contributed by atoms with E-state index in [-0.39, 0.29) is 28.8 Å². The topological polar surface area (TPSA) is 110 Å². The van der Waals surface area contributed by atoms with Gasteiger partial charge in [0.05, 0.1) is 5.56 Å². The summed E-state index contributed by atoms with van der Waals surface area (Å²) < 4.78 is 0. The molecule has 0 saturated heterocycles. The molecule has 2 rings (SSSR count). The third-order valence-electron chi connectivity index (χ3n) is 3.83. The number of hydrogen-bond donors (Lipinski definition) is 3. The van der Waals surface area contributed by atoms with Crippen molar-refractivity contribution in [2.24, 2.45) is 11.7 Å². The second-order valence-electron chi connectivity index (χ2n) is 7.19. The van der Waals surface area contributed by atoms with E-state index in [1.54, 1.807) is 0 Å². The van der Waals surface area contributed by atoms with Gasteiger partial charge in [-0.2, -0.15) is 4.98 Å². The fourth-order valence-electron chi connectivity index (χ4n) is 2.54. The molecule has 7 heteroatoms. The number of amides is 1. The van der Waals surface area contributed by atoms with Gasteiger partial charge in [-0.05, 0) is 33.6 Å². The van der Waals surface area contributed by atoms with Gasteiger partial charge >= 0.3 is 0 Å². The lowest BCUT2D eigenvalue weighted by atomic mass is 9.86. The van der Waals surface area contributed by atoms with Crippen molar-refractivity contribution in [3.05, 3.63) is 11.8 Å². The number of aromatic nitrogens is 2. The first kappa shape index (κ1) is 17.2. The molecule has 0 spiro atoms. The second kappa shape index (κ2) is 6.52. The van der Waals surface area contributed by atoms with E-state index in [1.807, 2.05) is 27.7 Å². The summed E-state index contributed by atoms with van der Waals surface area (Å²) in [4.78, 5) is 32.0. The van der Waals surface area contributed by atoms with Gasteiger partial charge in [-0.3, -0.25) is 9.59 Å². The summed E-state index contributed by atoms with van der Waals surface area (Å²) in [7, 11) is 0. The van der Waals surface area contributed by atoms with Gasteiger partial charge in [0.25, 0.3) is 5.91 Å². The van der Waals surface area contributed by atoms with Gasteiger partial charge in [-0.15, -0.1) is 0 Å². The number of Topliss-reactive ketones (excluding diaryl/α,β-unsaturated/α-hetero) is 1. The number of hydrogen-bond acceptors (Lipinski definition) is 6. The number of anilines is 2. The number of nitrogens with two attached hydrogens (primary N) is 1. The molecule has 1 saturated carbocycles. The van der Waals surface area contributed by atoms with Crippen molar-refractivity contribution < 1.29 is 9.59 Å². The van der Waals surface area contributed by atoms with E-state index in [0.29, 0.717) is 18.2 Å². The Balaban J connectivity index is 2.22. The van der Waals surface area contributed by atoms with Gasteiger partial charge in [0.2, 0.25) is 5.95 Å². The van der Waals surface area contributed by atoms with E-state index in [2.05, 4.69) is 20.6 Å². The Morgan fingerprint density at radius 2 is 2.04 bits per heavy atom. The van der Waals surface area contributed by atoms with Crippen LogP contribution in [0.25, 0.3) is 0 Å². The normalized spacial score (nSPS) is 21.8. The van der Waals surface area contributed by atoms with Gasteiger partial charge < -0.3 is 16.4 Å². The van der Waals surface area contributed by atoms with E-state index in [9.17, 15) is 9.59 Å². The molecule has 1 aliphatic rings. The molecule has 1 amide bonds. The largest absolute Gasteiger partial charge is 0.366 e. The molecule has 1 aromatic heterocycles. The molecule has 0 unspecified atom stereocenters. The molecule has 4 N–H and O–H groups in total. The average Bonchev–Trinajstić information content (AvgIpc) is 2.41. The molecule has 23 heavy (non-hydrogen) atoms. The van der Waals surface area contributed by atoms with Crippen LogP contribution in [0.1, 0.15) is 57.3 Å². The van der Waals surface area contributed by atoms with E-state index in [1.165, 1.54) is 6.20 Å². The van der Waals surface area contributed by atoms with Gasteiger partial charge in [0.1, 0.15) is 11.6 Å². The average molecular weight is 319 g/mol. The highest BCUT2D eigenvalue weighted by molar-refractivity contribution is 5.97. The fourth-order valence-corrected chi connectivity index (χ4v) is 2.54. The standard InChI is InChI=1S/C16H25N5O2/c1-9-5-6-10(7-12(9)22)19-14-11(13(17)23)8-18-15(20-14)21-16(2,3)4/h8-10H,5-7H2,1-4H3,(H2,17,23)(H2,18,19,20,21)/t9-,10-/m1/s1. The molecular formula is C16H25N5O2. The van der Waals surface area contributed by atoms with Crippen molar-refractivity contribution in [2.45, 2.75) is 58.5 Å². The highest BCUT2D eigenvalue weighted by atomic mass is 16.1. The molecule has 1 aromatic rings. The number of ketones is 1. The predicted molar refractivity (Wildman–Crippen MR) is 89.4 cm³/mol. The quantitative estimate of drug-likeness (QED) is 0.782. The smallest absolute Gasteiger partial charge is 0.254 e. The van der Waals surface area contributed by atoms with Gasteiger partial charge in [0.15, 0.2) is 0 Å². The van der Waals surface area contributed by atoms with Crippen LogP contribution in [-0.2, 0) is 4.79 Å². The first-order chi connectivity index (χ1) is 10.7. The molecule has 2 atom stereocenters. The van der Waals surface area contributed by atoms with Crippen LogP contribution in [0.3, 0.4) is 0 Å². The zero-order valence-corrected chi connectivity index (χ0v) is 14.1. The molecule has 126 valence electrons. The van der Waals surface area contributed by atoms with Gasteiger partial charge in [0, 0.05) is 30.1 Å². The minimum Gasteiger partial charge on any atom is -0.366 e. The SMILES string of the molecule is C[C@@H]1CC[C@@H](Nc2nc(NC(C)(C)C)ncc2C(N)=O)CC1=O. The molecule has 1 fully saturated rings. The van der Waals surface area contributed by atoms with Crippen LogP contribution in [0.5, 0.6) is 0 Å². The summed E-state index contributed by atoms with van der Waals surface area (Å²) in [5.74, 6) is 0.543. The zero-order valence-electron chi connectivity index (χ0n) is 14.1. The van der Waals surface area contributed by atoms with Crippen molar-refractivity contribution in [2.75, 3.05) is 10.6 Å². The number of carbonyl (C=O) groups is 2. The summed E-state index contributed by atoms with van der Waals surface area (Å²) in [6.07, 6.45) is 3.54. The Kier molecular flexibility index (Phi) is 4.87. The zero-order chi connectivity index (χ0) is 17.2. The maximum Gasteiger partial charge on any atom is 0.254 e. The van der Waals surface area contributed by atoms with Crippen molar-refractivity contribution in [3.8, 4) is 0 Å². The Morgan fingerprint density at radius 3 is 2.61 bits per heavy atom. The summed E-state index contributed by atoms with van der Waals surface area (Å²) in [5, 5.41) is 6.35. The van der Waals surface area contributed by atoms with Crippen LogP contribution >= 0.6 is 0 Å². The number of primary amides is 1. The van der Waals surface area contributed by atoms with Crippen molar-refractivity contribution in [1.82, 2.24) is 9.97 Å². The van der Waals surface area contributed by atoms with Crippen molar-refractivity contribution >= 4 is 23.5 Å². The fraction of sp³-hybridized carbons (Fsp3) is 0.625. The van der Waals surface area contributed by atoms with Crippen LogP contribution in [0.15, 0.2) is 6.20 Å². The first-order valence-electron chi connectivity index (χ1n) is 7.90. The highest BCUT2D eigenvalue weighted by Gasteiger charge is 2.27. The van der Waals surface area contributed by atoms with Crippen molar-refractivity contribution in [3.63, 3.8) is 0 Å². The summed E-state index contributed by atoms with van der Waals surface area (Å²) in [6, 6.07) is -0.0332. The lowest BCUT2D eigenvalue weighted by molar-refractivity contribution is -0.124. The second-order valence-corrected chi connectivity index (χ2v) is 7.19.